The Kier molecular flexibility index (Phi) is 4.66. The molecule has 114 valence electrons. The van der Waals surface area contributed by atoms with Crippen molar-refractivity contribution < 1.29 is 9.59 Å². The van der Waals surface area contributed by atoms with E-state index in [1.54, 1.807) is 0 Å². The van der Waals surface area contributed by atoms with Crippen LogP contribution in [0.25, 0.3) is 0 Å². The maximum atomic E-state index is 12.0. The molecular formula is C17H24N2O2. The van der Waals surface area contributed by atoms with E-state index in [9.17, 15) is 9.59 Å². The number of hydrogen-bond donors (Lipinski definition) is 2. The summed E-state index contributed by atoms with van der Waals surface area (Å²) in [7, 11) is 0. The van der Waals surface area contributed by atoms with Gasteiger partial charge in [0.2, 0.25) is 11.8 Å². The van der Waals surface area contributed by atoms with Crippen molar-refractivity contribution in [3.05, 3.63) is 35.4 Å². The molecule has 0 spiro atoms. The number of rotatable bonds is 4. The summed E-state index contributed by atoms with van der Waals surface area (Å²) in [6.45, 7) is 5.96. The fourth-order valence-corrected chi connectivity index (χ4v) is 2.53. The Morgan fingerprint density at radius 2 is 1.95 bits per heavy atom. The molecule has 2 rings (SSSR count). The molecule has 0 fully saturated rings. The van der Waals surface area contributed by atoms with Crippen LogP contribution >= 0.6 is 0 Å². The minimum Gasteiger partial charge on any atom is -0.355 e. The van der Waals surface area contributed by atoms with Crippen LogP contribution in [0.2, 0.25) is 0 Å². The van der Waals surface area contributed by atoms with Gasteiger partial charge in [-0.05, 0) is 24.0 Å². The third kappa shape index (κ3) is 4.06. The third-order valence-electron chi connectivity index (χ3n) is 3.79. The Labute approximate surface area is 126 Å². The van der Waals surface area contributed by atoms with Gasteiger partial charge in [-0.2, -0.15) is 0 Å². The highest BCUT2D eigenvalue weighted by Gasteiger charge is 2.24. The molecule has 4 heteroatoms. The number of benzene rings is 1. The van der Waals surface area contributed by atoms with Gasteiger partial charge in [0.25, 0.3) is 0 Å². The summed E-state index contributed by atoms with van der Waals surface area (Å²) in [5, 5.41) is 5.86. The second-order valence-corrected chi connectivity index (χ2v) is 6.61. The molecule has 0 saturated heterocycles. The Morgan fingerprint density at radius 3 is 2.67 bits per heavy atom. The van der Waals surface area contributed by atoms with E-state index in [0.717, 1.165) is 12.8 Å². The van der Waals surface area contributed by atoms with Crippen molar-refractivity contribution in [2.45, 2.75) is 46.1 Å². The van der Waals surface area contributed by atoms with Crippen molar-refractivity contribution in [2.24, 2.45) is 5.41 Å². The molecule has 2 amide bonds. The van der Waals surface area contributed by atoms with E-state index in [0.29, 0.717) is 13.0 Å². The summed E-state index contributed by atoms with van der Waals surface area (Å²) in [5.41, 5.74) is 2.13. The molecule has 21 heavy (non-hydrogen) atoms. The lowest BCUT2D eigenvalue weighted by Crippen LogP contribution is -2.37. The zero-order valence-electron chi connectivity index (χ0n) is 13.0. The first-order valence-corrected chi connectivity index (χ1v) is 7.53. The van der Waals surface area contributed by atoms with Crippen molar-refractivity contribution in [3.8, 4) is 0 Å². The van der Waals surface area contributed by atoms with Crippen LogP contribution in [-0.4, -0.2) is 18.4 Å². The molecule has 0 radical (unpaired) electrons. The predicted molar refractivity (Wildman–Crippen MR) is 82.7 cm³/mol. The second kappa shape index (κ2) is 6.29. The highest BCUT2D eigenvalue weighted by atomic mass is 16.2. The summed E-state index contributed by atoms with van der Waals surface area (Å²) >= 11 is 0. The molecule has 2 N–H and O–H groups in total. The maximum Gasteiger partial charge on any atom is 0.225 e. The molecule has 1 atom stereocenters. The fraction of sp³-hybridized carbons (Fsp3) is 0.529. The minimum atomic E-state index is -0.416. The quantitative estimate of drug-likeness (QED) is 0.893. The van der Waals surface area contributed by atoms with Crippen LogP contribution in [0, 0.1) is 5.41 Å². The number of amides is 2. The van der Waals surface area contributed by atoms with Crippen molar-refractivity contribution in [2.75, 3.05) is 6.54 Å². The largest absolute Gasteiger partial charge is 0.355 e. The van der Waals surface area contributed by atoms with Crippen molar-refractivity contribution >= 4 is 11.8 Å². The lowest BCUT2D eigenvalue weighted by Gasteiger charge is -2.18. The first-order valence-electron chi connectivity index (χ1n) is 7.53. The number of fused-ring (bicyclic) bond motifs is 1. The van der Waals surface area contributed by atoms with Crippen LogP contribution in [0.5, 0.6) is 0 Å². The minimum absolute atomic E-state index is 0.00841. The smallest absolute Gasteiger partial charge is 0.225 e. The van der Waals surface area contributed by atoms with Gasteiger partial charge in [-0.15, -0.1) is 0 Å². The van der Waals surface area contributed by atoms with Crippen LogP contribution in [0.3, 0.4) is 0 Å². The van der Waals surface area contributed by atoms with Crippen LogP contribution < -0.4 is 10.6 Å². The molecule has 1 aromatic carbocycles. The van der Waals surface area contributed by atoms with E-state index in [-0.39, 0.29) is 17.9 Å². The van der Waals surface area contributed by atoms with E-state index in [1.165, 1.54) is 11.1 Å². The van der Waals surface area contributed by atoms with E-state index in [2.05, 4.69) is 22.8 Å². The van der Waals surface area contributed by atoms with Crippen LogP contribution in [0.4, 0.5) is 0 Å². The topological polar surface area (TPSA) is 58.2 Å². The van der Waals surface area contributed by atoms with Crippen molar-refractivity contribution in [1.82, 2.24) is 10.6 Å². The molecule has 0 aromatic heterocycles. The van der Waals surface area contributed by atoms with Gasteiger partial charge in [-0.3, -0.25) is 9.59 Å². The number of carbonyl (C=O) groups is 2. The predicted octanol–water partition coefficient (Wildman–Crippen LogP) is 2.34. The number of carbonyl (C=O) groups excluding carboxylic acids is 2. The van der Waals surface area contributed by atoms with Gasteiger partial charge in [0.1, 0.15) is 0 Å². The molecule has 1 aromatic rings. The van der Waals surface area contributed by atoms with Gasteiger partial charge in [-0.25, -0.2) is 0 Å². The summed E-state index contributed by atoms with van der Waals surface area (Å²) in [6.07, 6.45) is 2.29. The van der Waals surface area contributed by atoms with Crippen molar-refractivity contribution in [1.29, 1.82) is 0 Å². The maximum absolute atomic E-state index is 12.0. The lowest BCUT2D eigenvalue weighted by atomic mass is 9.96. The molecule has 4 nitrogen and oxygen atoms in total. The molecular weight excluding hydrogens is 264 g/mol. The summed E-state index contributed by atoms with van der Waals surface area (Å²) in [4.78, 5) is 23.7. The van der Waals surface area contributed by atoms with Gasteiger partial charge in [0, 0.05) is 18.4 Å². The highest BCUT2D eigenvalue weighted by Crippen LogP contribution is 2.30. The standard InChI is InChI=1S/C17H24N2O2/c1-17(2,3)16(21)18-11-10-15(20)19-14-9-8-12-6-4-5-7-13(12)14/h4-7,14H,8-11H2,1-3H3,(H,18,21)(H,19,20). The third-order valence-corrected chi connectivity index (χ3v) is 3.79. The van der Waals surface area contributed by atoms with Gasteiger partial charge >= 0.3 is 0 Å². The molecule has 0 aliphatic heterocycles. The second-order valence-electron chi connectivity index (χ2n) is 6.61. The number of hydrogen-bond acceptors (Lipinski definition) is 2. The Hall–Kier alpha value is -1.84. The average molecular weight is 288 g/mol. The molecule has 0 saturated carbocycles. The summed E-state index contributed by atoms with van der Waals surface area (Å²) in [6, 6.07) is 8.35. The summed E-state index contributed by atoms with van der Waals surface area (Å²) < 4.78 is 0. The summed E-state index contributed by atoms with van der Waals surface area (Å²) in [5.74, 6) is -0.0348. The number of aryl methyl sites for hydroxylation is 1. The first-order chi connectivity index (χ1) is 9.88. The Morgan fingerprint density at radius 1 is 1.24 bits per heavy atom. The van der Waals surface area contributed by atoms with E-state index >= 15 is 0 Å². The normalized spacial score (nSPS) is 17.2. The van der Waals surface area contributed by atoms with E-state index in [1.807, 2.05) is 32.9 Å². The average Bonchev–Trinajstić information content (AvgIpc) is 2.81. The van der Waals surface area contributed by atoms with Crippen LogP contribution in [0.15, 0.2) is 24.3 Å². The van der Waals surface area contributed by atoms with Crippen LogP contribution in [-0.2, 0) is 16.0 Å². The fourth-order valence-electron chi connectivity index (χ4n) is 2.53. The van der Waals surface area contributed by atoms with Crippen molar-refractivity contribution in [3.63, 3.8) is 0 Å². The number of nitrogens with one attached hydrogen (secondary N) is 2. The van der Waals surface area contributed by atoms with E-state index < -0.39 is 5.41 Å². The van der Waals surface area contributed by atoms with E-state index in [4.69, 9.17) is 0 Å². The molecule has 0 heterocycles. The molecule has 1 aliphatic rings. The Bertz CT molecular complexity index is 532. The zero-order chi connectivity index (χ0) is 15.5. The molecule has 1 aliphatic carbocycles. The van der Waals surface area contributed by atoms with Gasteiger partial charge < -0.3 is 10.6 Å². The van der Waals surface area contributed by atoms with Crippen LogP contribution in [0.1, 0.15) is 50.8 Å². The highest BCUT2D eigenvalue weighted by molar-refractivity contribution is 5.82. The first kappa shape index (κ1) is 15.5. The zero-order valence-corrected chi connectivity index (χ0v) is 13.0. The molecule has 1 unspecified atom stereocenters. The van der Waals surface area contributed by atoms with Gasteiger partial charge in [0.05, 0.1) is 6.04 Å². The molecule has 0 bridgehead atoms. The SMILES string of the molecule is CC(C)(C)C(=O)NCCC(=O)NC1CCc2ccccc21. The van der Waals surface area contributed by atoms with Gasteiger partial charge in [0.15, 0.2) is 0 Å². The Balaban J connectivity index is 1.78. The van der Waals surface area contributed by atoms with Gasteiger partial charge in [-0.1, -0.05) is 45.0 Å². The monoisotopic (exact) mass is 288 g/mol. The lowest BCUT2D eigenvalue weighted by molar-refractivity contribution is -0.128.